The van der Waals surface area contributed by atoms with Crippen LogP contribution in [0.25, 0.3) is 0 Å². The summed E-state index contributed by atoms with van der Waals surface area (Å²) in [6, 6.07) is 0. The van der Waals surface area contributed by atoms with Crippen molar-refractivity contribution in [3.63, 3.8) is 0 Å². The molecule has 0 saturated carbocycles. The van der Waals surface area contributed by atoms with E-state index in [9.17, 15) is 9.90 Å². The molecule has 0 saturated heterocycles. The average molecular weight is 247 g/mol. The number of ether oxygens (including phenoxy) is 2. The highest BCUT2D eigenvalue weighted by Gasteiger charge is 2.05. The van der Waals surface area contributed by atoms with Crippen LogP contribution in [0.4, 0.5) is 0 Å². The third-order valence-electron chi connectivity index (χ3n) is 2.33. The van der Waals surface area contributed by atoms with Gasteiger partial charge in [0.2, 0.25) is 0 Å². The van der Waals surface area contributed by atoms with Gasteiger partial charge in [-0.2, -0.15) is 0 Å². The Morgan fingerprint density at radius 1 is 1.35 bits per heavy atom. The summed E-state index contributed by atoms with van der Waals surface area (Å²) in [7, 11) is 1.33. The molecule has 2 N–H and O–H groups in total. The van der Waals surface area contributed by atoms with Gasteiger partial charge in [-0.15, -0.1) is 0 Å². The second kappa shape index (κ2) is 11.8. The van der Waals surface area contributed by atoms with Crippen molar-refractivity contribution in [2.24, 2.45) is 0 Å². The molecule has 1 atom stereocenters. The Balaban J connectivity index is 3.23. The first-order chi connectivity index (χ1) is 8.20. The lowest BCUT2D eigenvalue weighted by Crippen LogP contribution is -2.34. The van der Waals surface area contributed by atoms with E-state index in [-0.39, 0.29) is 12.5 Å². The second-order valence-electron chi connectivity index (χ2n) is 4.00. The number of methoxy groups -OCH3 is 1. The smallest absolute Gasteiger partial charge is 0.319 e. The van der Waals surface area contributed by atoms with E-state index in [0.29, 0.717) is 19.8 Å². The van der Waals surface area contributed by atoms with Crippen molar-refractivity contribution in [2.75, 3.05) is 33.4 Å². The zero-order chi connectivity index (χ0) is 12.9. The zero-order valence-corrected chi connectivity index (χ0v) is 10.9. The van der Waals surface area contributed by atoms with E-state index in [0.717, 1.165) is 6.42 Å². The number of unbranched alkanes of at least 4 members (excludes halogenated alkanes) is 3. The van der Waals surface area contributed by atoms with Gasteiger partial charge in [0.1, 0.15) is 0 Å². The van der Waals surface area contributed by atoms with Gasteiger partial charge in [0.05, 0.1) is 26.4 Å². The lowest BCUT2D eigenvalue weighted by molar-refractivity contribution is -0.139. The van der Waals surface area contributed by atoms with Crippen molar-refractivity contribution in [1.82, 2.24) is 5.32 Å². The maximum Gasteiger partial charge on any atom is 0.319 e. The van der Waals surface area contributed by atoms with Gasteiger partial charge in [0.25, 0.3) is 0 Å². The highest BCUT2D eigenvalue weighted by atomic mass is 16.5. The van der Waals surface area contributed by atoms with Crippen LogP contribution in [0.5, 0.6) is 0 Å². The number of hydrogen-bond donors (Lipinski definition) is 2. The Bertz CT molecular complexity index is 187. The van der Waals surface area contributed by atoms with Crippen LogP contribution in [0.1, 0.15) is 32.6 Å². The highest BCUT2D eigenvalue weighted by Crippen LogP contribution is 1.99. The van der Waals surface area contributed by atoms with Crippen molar-refractivity contribution in [1.29, 1.82) is 0 Å². The van der Waals surface area contributed by atoms with Crippen LogP contribution in [-0.2, 0) is 14.3 Å². The molecular weight excluding hydrogens is 222 g/mol. The monoisotopic (exact) mass is 247 g/mol. The Labute approximate surface area is 103 Å². The molecular formula is C12H25NO4. The predicted octanol–water partition coefficient (Wildman–Crippen LogP) is 0.707. The topological polar surface area (TPSA) is 67.8 Å². The summed E-state index contributed by atoms with van der Waals surface area (Å²) < 4.78 is 9.77. The van der Waals surface area contributed by atoms with Gasteiger partial charge < -0.3 is 19.9 Å². The molecule has 0 aliphatic carbocycles. The van der Waals surface area contributed by atoms with Crippen LogP contribution >= 0.6 is 0 Å². The van der Waals surface area contributed by atoms with Crippen molar-refractivity contribution < 1.29 is 19.4 Å². The molecule has 17 heavy (non-hydrogen) atoms. The minimum Gasteiger partial charge on any atom is -0.468 e. The number of esters is 1. The van der Waals surface area contributed by atoms with Gasteiger partial charge in [-0.25, -0.2) is 0 Å². The van der Waals surface area contributed by atoms with Gasteiger partial charge in [-0.1, -0.05) is 26.2 Å². The summed E-state index contributed by atoms with van der Waals surface area (Å²) in [5, 5.41) is 12.3. The van der Waals surface area contributed by atoms with Crippen molar-refractivity contribution in [3.05, 3.63) is 0 Å². The summed E-state index contributed by atoms with van der Waals surface area (Å²) in [4.78, 5) is 10.8. The molecule has 0 spiro atoms. The van der Waals surface area contributed by atoms with Gasteiger partial charge in [0, 0.05) is 13.2 Å². The number of rotatable bonds is 11. The van der Waals surface area contributed by atoms with E-state index >= 15 is 0 Å². The molecule has 0 rings (SSSR count). The second-order valence-corrected chi connectivity index (χ2v) is 4.00. The molecule has 0 aliphatic heterocycles. The molecule has 0 aromatic carbocycles. The zero-order valence-electron chi connectivity index (χ0n) is 10.9. The molecule has 0 aromatic rings. The lowest BCUT2D eigenvalue weighted by atomic mass is 10.2. The Hall–Kier alpha value is -0.650. The normalized spacial score (nSPS) is 12.4. The largest absolute Gasteiger partial charge is 0.468 e. The van der Waals surface area contributed by atoms with Gasteiger partial charge in [-0.05, 0) is 6.42 Å². The lowest BCUT2D eigenvalue weighted by Gasteiger charge is -2.11. The predicted molar refractivity (Wildman–Crippen MR) is 65.9 cm³/mol. The third kappa shape index (κ3) is 11.6. The first-order valence-corrected chi connectivity index (χ1v) is 6.24. The van der Waals surface area contributed by atoms with E-state index in [1.807, 2.05) is 0 Å². The molecule has 0 fully saturated rings. The van der Waals surface area contributed by atoms with E-state index in [2.05, 4.69) is 17.0 Å². The van der Waals surface area contributed by atoms with Crippen LogP contribution in [0, 0.1) is 0 Å². The number of nitrogens with one attached hydrogen (secondary N) is 1. The number of carbonyl (C=O) groups excluding carboxylic acids is 1. The third-order valence-corrected chi connectivity index (χ3v) is 2.33. The van der Waals surface area contributed by atoms with Crippen molar-refractivity contribution in [2.45, 2.75) is 38.7 Å². The van der Waals surface area contributed by atoms with Crippen LogP contribution < -0.4 is 5.32 Å². The average Bonchev–Trinajstić information content (AvgIpc) is 2.33. The van der Waals surface area contributed by atoms with Crippen LogP contribution in [0.2, 0.25) is 0 Å². The first-order valence-electron chi connectivity index (χ1n) is 6.24. The minimum absolute atomic E-state index is 0.115. The van der Waals surface area contributed by atoms with E-state index < -0.39 is 6.10 Å². The van der Waals surface area contributed by atoms with Crippen LogP contribution in [0.15, 0.2) is 0 Å². The maximum atomic E-state index is 10.8. The number of aliphatic hydroxyl groups excluding tert-OH is 1. The van der Waals surface area contributed by atoms with Crippen molar-refractivity contribution >= 4 is 5.97 Å². The summed E-state index contributed by atoms with van der Waals surface area (Å²) >= 11 is 0. The van der Waals surface area contributed by atoms with E-state index in [4.69, 9.17) is 4.74 Å². The molecule has 0 aromatic heterocycles. The van der Waals surface area contributed by atoms with Crippen LogP contribution in [-0.4, -0.2) is 50.6 Å². The summed E-state index contributed by atoms with van der Waals surface area (Å²) in [5.41, 5.74) is 0. The fourth-order valence-electron chi connectivity index (χ4n) is 1.32. The molecule has 5 nitrogen and oxygen atoms in total. The summed E-state index contributed by atoms with van der Waals surface area (Å²) in [5.74, 6) is -0.335. The molecule has 0 bridgehead atoms. The summed E-state index contributed by atoms with van der Waals surface area (Å²) in [6.45, 7) is 3.61. The highest BCUT2D eigenvalue weighted by molar-refractivity contribution is 5.71. The van der Waals surface area contributed by atoms with Gasteiger partial charge >= 0.3 is 5.97 Å². The summed E-state index contributed by atoms with van der Waals surface area (Å²) in [6.07, 6.45) is 4.07. The van der Waals surface area contributed by atoms with Gasteiger partial charge in [-0.3, -0.25) is 4.79 Å². The standard InChI is InChI=1S/C12H25NO4/c1-3-4-5-6-7-17-10-11(14)8-13-9-12(15)16-2/h11,13-14H,3-10H2,1-2H3. The first kappa shape index (κ1) is 16.4. The van der Waals surface area contributed by atoms with Crippen molar-refractivity contribution in [3.8, 4) is 0 Å². The van der Waals surface area contributed by atoms with E-state index in [1.165, 1.54) is 26.4 Å². The number of carbonyl (C=O) groups is 1. The Morgan fingerprint density at radius 3 is 2.76 bits per heavy atom. The molecule has 0 amide bonds. The molecule has 0 radical (unpaired) electrons. The minimum atomic E-state index is -0.578. The Morgan fingerprint density at radius 2 is 2.12 bits per heavy atom. The number of hydrogen-bond acceptors (Lipinski definition) is 5. The van der Waals surface area contributed by atoms with Gasteiger partial charge in [0.15, 0.2) is 0 Å². The quantitative estimate of drug-likeness (QED) is 0.416. The molecule has 5 heteroatoms. The van der Waals surface area contributed by atoms with Crippen LogP contribution in [0.3, 0.4) is 0 Å². The Kier molecular flexibility index (Phi) is 11.4. The fraction of sp³-hybridized carbons (Fsp3) is 0.917. The molecule has 102 valence electrons. The van der Waals surface area contributed by atoms with E-state index in [1.54, 1.807) is 0 Å². The fourth-order valence-corrected chi connectivity index (χ4v) is 1.32. The molecule has 0 heterocycles. The molecule has 1 unspecified atom stereocenters. The SMILES string of the molecule is CCCCCCOCC(O)CNCC(=O)OC. The number of aliphatic hydroxyl groups is 1. The molecule has 0 aliphatic rings. The maximum absolute atomic E-state index is 10.8.